The molecule has 2 nitrogen and oxygen atoms in total. The van der Waals surface area contributed by atoms with Crippen molar-refractivity contribution in [3.63, 3.8) is 0 Å². The Balaban J connectivity index is 2.02. The zero-order chi connectivity index (χ0) is 11.2. The lowest BCUT2D eigenvalue weighted by Crippen LogP contribution is -1.96. The molecule has 0 aromatic heterocycles. The summed E-state index contributed by atoms with van der Waals surface area (Å²) < 4.78 is 0. The molecule has 0 bridgehead atoms. The monoisotopic (exact) mass is 240 g/mol. The molecule has 1 aromatic carbocycles. The average molecular weight is 241 g/mol. The molecule has 0 unspecified atom stereocenters. The third kappa shape index (κ3) is 3.13. The summed E-state index contributed by atoms with van der Waals surface area (Å²) in [6, 6.07) is 6.43. The molecule has 2 rings (SSSR count). The summed E-state index contributed by atoms with van der Waals surface area (Å²) in [5.74, 6) is 1.63. The van der Waals surface area contributed by atoms with E-state index < -0.39 is 0 Å². The van der Waals surface area contributed by atoms with Gasteiger partial charge in [0.1, 0.15) is 0 Å². The second-order valence-corrected chi connectivity index (χ2v) is 4.47. The summed E-state index contributed by atoms with van der Waals surface area (Å²) in [6.45, 7) is 0.677. The molecule has 3 heteroatoms. The minimum Gasteiger partial charge on any atom is -0.337 e. The van der Waals surface area contributed by atoms with Gasteiger partial charge in [0, 0.05) is 5.88 Å². The second-order valence-electron chi connectivity index (χ2n) is 4.10. The van der Waals surface area contributed by atoms with E-state index in [2.05, 4.69) is 18.2 Å². The second kappa shape index (κ2) is 6.12. The van der Waals surface area contributed by atoms with E-state index in [-0.39, 0.29) is 0 Å². The van der Waals surface area contributed by atoms with Gasteiger partial charge in [-0.1, -0.05) is 12.1 Å². The summed E-state index contributed by atoms with van der Waals surface area (Å²) in [7, 11) is 0. The van der Waals surface area contributed by atoms with E-state index in [1.54, 1.807) is 0 Å². The van der Waals surface area contributed by atoms with Crippen LogP contribution in [0.25, 0.3) is 0 Å². The van der Waals surface area contributed by atoms with Crippen LogP contribution in [0.4, 0.5) is 0 Å². The van der Waals surface area contributed by atoms with Gasteiger partial charge in [0.2, 0.25) is 0 Å². The quantitative estimate of drug-likeness (QED) is 0.456. The third-order valence-electron chi connectivity index (χ3n) is 2.80. The Bertz CT molecular complexity index is 339. The lowest BCUT2D eigenvalue weighted by Gasteiger charge is -2.07. The van der Waals surface area contributed by atoms with Crippen LogP contribution in [0.3, 0.4) is 0 Å². The molecule has 0 radical (unpaired) electrons. The van der Waals surface area contributed by atoms with E-state index in [1.807, 2.05) is 0 Å². The lowest BCUT2D eigenvalue weighted by atomic mass is 10.0. The van der Waals surface area contributed by atoms with Gasteiger partial charge < -0.3 is 4.89 Å². The molecule has 0 fully saturated rings. The van der Waals surface area contributed by atoms with Crippen LogP contribution in [-0.4, -0.2) is 12.5 Å². The first-order chi connectivity index (χ1) is 7.90. The fraction of sp³-hybridized carbons (Fsp3) is 0.538. The first-order valence-electron chi connectivity index (χ1n) is 5.87. The smallest absolute Gasteiger partial charge is 0.168 e. The third-order valence-corrected chi connectivity index (χ3v) is 3.07. The molecule has 88 valence electrons. The van der Waals surface area contributed by atoms with E-state index in [9.17, 15) is 0 Å². The molecule has 1 aliphatic rings. The van der Waals surface area contributed by atoms with E-state index in [0.717, 1.165) is 43.7 Å². The number of hydrogen-bond donors (Lipinski definition) is 0. The summed E-state index contributed by atoms with van der Waals surface area (Å²) in [4.78, 5) is 10.3. The van der Waals surface area contributed by atoms with E-state index >= 15 is 0 Å². The molecule has 0 N–H and O–H groups in total. The Labute approximate surface area is 101 Å². The maximum absolute atomic E-state index is 5.66. The van der Waals surface area contributed by atoms with Gasteiger partial charge in [-0.15, -0.1) is 11.6 Å². The van der Waals surface area contributed by atoms with Crippen LogP contribution in [0.15, 0.2) is 18.2 Å². The Morgan fingerprint density at radius 2 is 2.19 bits per heavy atom. The average Bonchev–Trinajstić information content (AvgIpc) is 2.54. The molecule has 16 heavy (non-hydrogen) atoms. The van der Waals surface area contributed by atoms with Crippen molar-refractivity contribution in [2.24, 2.45) is 0 Å². The van der Waals surface area contributed by atoms with Crippen LogP contribution in [0.5, 0.6) is 5.75 Å². The Kier molecular flexibility index (Phi) is 4.49. The van der Waals surface area contributed by atoms with Gasteiger partial charge >= 0.3 is 0 Å². The van der Waals surface area contributed by atoms with Gasteiger partial charge in [-0.3, -0.25) is 0 Å². The number of fused-ring (bicyclic) bond motifs is 1. The van der Waals surface area contributed by atoms with Crippen LogP contribution in [-0.2, 0) is 17.7 Å². The molecule has 0 atom stereocenters. The molecule has 0 saturated heterocycles. The number of benzene rings is 1. The minimum atomic E-state index is 0.677. The van der Waals surface area contributed by atoms with E-state index in [0.29, 0.717) is 6.61 Å². The van der Waals surface area contributed by atoms with Crippen molar-refractivity contribution < 1.29 is 9.78 Å². The number of aryl methyl sites for hydroxylation is 2. The van der Waals surface area contributed by atoms with Crippen molar-refractivity contribution in [3.05, 3.63) is 29.3 Å². The van der Waals surface area contributed by atoms with Crippen LogP contribution in [0.2, 0.25) is 0 Å². The summed E-state index contributed by atoms with van der Waals surface area (Å²) in [5, 5.41) is 0. The van der Waals surface area contributed by atoms with Crippen molar-refractivity contribution in [3.8, 4) is 5.75 Å². The van der Waals surface area contributed by atoms with Crippen molar-refractivity contribution in [2.45, 2.75) is 32.1 Å². The van der Waals surface area contributed by atoms with Gasteiger partial charge in [0.05, 0.1) is 6.61 Å². The number of alkyl halides is 1. The maximum atomic E-state index is 5.66. The summed E-state index contributed by atoms with van der Waals surface area (Å²) in [5.41, 5.74) is 2.55. The topological polar surface area (TPSA) is 18.5 Å². The molecule has 1 aliphatic heterocycles. The predicted octanol–water partition coefficient (Wildman–Crippen LogP) is 3.50. The molecular formula is C13H17ClO2. The maximum Gasteiger partial charge on any atom is 0.168 e. The molecule has 0 aliphatic carbocycles. The van der Waals surface area contributed by atoms with E-state index in [4.69, 9.17) is 21.4 Å². The Morgan fingerprint density at radius 3 is 3.06 bits per heavy atom. The van der Waals surface area contributed by atoms with Crippen LogP contribution in [0.1, 0.15) is 30.4 Å². The lowest BCUT2D eigenvalue weighted by molar-refractivity contribution is -0.203. The van der Waals surface area contributed by atoms with Gasteiger partial charge in [-0.2, -0.15) is 4.89 Å². The van der Waals surface area contributed by atoms with Crippen LogP contribution in [0, 0.1) is 0 Å². The molecule has 0 spiro atoms. The van der Waals surface area contributed by atoms with Crippen LogP contribution < -0.4 is 4.89 Å². The van der Waals surface area contributed by atoms with Gasteiger partial charge in [0.25, 0.3) is 0 Å². The van der Waals surface area contributed by atoms with E-state index in [1.165, 1.54) is 11.1 Å². The zero-order valence-corrected chi connectivity index (χ0v) is 10.1. The molecular weight excluding hydrogens is 224 g/mol. The highest BCUT2D eigenvalue weighted by Crippen LogP contribution is 2.25. The summed E-state index contributed by atoms with van der Waals surface area (Å²) in [6.07, 6.45) is 5.32. The number of halogens is 1. The van der Waals surface area contributed by atoms with Gasteiger partial charge in [-0.05, 0) is 49.3 Å². The van der Waals surface area contributed by atoms with Crippen molar-refractivity contribution >= 4 is 11.6 Å². The Morgan fingerprint density at radius 1 is 1.25 bits per heavy atom. The summed E-state index contributed by atoms with van der Waals surface area (Å²) >= 11 is 5.66. The molecule has 0 saturated carbocycles. The first-order valence-corrected chi connectivity index (χ1v) is 6.41. The normalized spacial score (nSPS) is 15.1. The highest BCUT2D eigenvalue weighted by atomic mass is 35.5. The SMILES string of the molecule is ClCCCCc1ccc2c(c1)OOCCC2. The highest BCUT2D eigenvalue weighted by Gasteiger charge is 2.10. The highest BCUT2D eigenvalue weighted by molar-refractivity contribution is 6.17. The van der Waals surface area contributed by atoms with Crippen LogP contribution >= 0.6 is 11.6 Å². The zero-order valence-electron chi connectivity index (χ0n) is 9.38. The molecule has 1 aromatic rings. The molecule has 0 amide bonds. The number of rotatable bonds is 4. The minimum absolute atomic E-state index is 0.677. The predicted molar refractivity (Wildman–Crippen MR) is 65.0 cm³/mol. The van der Waals surface area contributed by atoms with Crippen molar-refractivity contribution in [1.82, 2.24) is 0 Å². The fourth-order valence-electron chi connectivity index (χ4n) is 1.89. The Hall–Kier alpha value is -0.730. The van der Waals surface area contributed by atoms with Crippen molar-refractivity contribution in [2.75, 3.05) is 12.5 Å². The standard InChI is InChI=1S/C13H17ClO2/c14-8-2-1-4-11-6-7-12-5-3-9-15-16-13(12)10-11/h6-7,10H,1-5,8-9H2. The fourth-order valence-corrected chi connectivity index (χ4v) is 2.08. The number of unbranched alkanes of at least 4 members (excludes halogenated alkanes) is 1. The first kappa shape index (κ1) is 11.7. The largest absolute Gasteiger partial charge is 0.337 e. The molecule has 1 heterocycles. The van der Waals surface area contributed by atoms with Gasteiger partial charge in [0.15, 0.2) is 5.75 Å². The van der Waals surface area contributed by atoms with Crippen molar-refractivity contribution in [1.29, 1.82) is 0 Å². The van der Waals surface area contributed by atoms with Gasteiger partial charge in [-0.25, -0.2) is 0 Å². The number of hydrogen-bond acceptors (Lipinski definition) is 2.